The standard InChI is InChI=1S/C18H19N/c1-4-6-14-8-10-18-16(12-14)15-11-13(3)7-9-17(15)19(18)5-2/h4,6-12H,5H2,1-3H3. The van der Waals surface area contributed by atoms with Crippen LogP contribution in [0.3, 0.4) is 0 Å². The average molecular weight is 249 g/mol. The molecule has 1 heterocycles. The molecule has 0 unspecified atom stereocenters. The third-order valence-electron chi connectivity index (χ3n) is 3.72. The number of rotatable bonds is 2. The predicted octanol–water partition coefficient (Wildman–Crippen LogP) is 5.16. The van der Waals surface area contributed by atoms with E-state index in [1.54, 1.807) is 0 Å². The zero-order chi connectivity index (χ0) is 13.4. The second-order valence-electron chi connectivity index (χ2n) is 5.04. The van der Waals surface area contributed by atoms with E-state index in [1.807, 2.05) is 0 Å². The molecule has 1 aromatic heterocycles. The van der Waals surface area contributed by atoms with Gasteiger partial charge in [0.05, 0.1) is 0 Å². The Morgan fingerprint density at radius 1 is 1.00 bits per heavy atom. The molecule has 1 nitrogen and oxygen atoms in total. The largest absolute Gasteiger partial charge is 0.341 e. The Labute approximate surface area is 114 Å². The lowest BCUT2D eigenvalue weighted by molar-refractivity contribution is 0.827. The fourth-order valence-corrected chi connectivity index (χ4v) is 2.87. The van der Waals surface area contributed by atoms with Crippen molar-refractivity contribution in [1.29, 1.82) is 0 Å². The van der Waals surface area contributed by atoms with E-state index in [1.165, 1.54) is 32.9 Å². The van der Waals surface area contributed by atoms with Crippen LogP contribution >= 0.6 is 0 Å². The average Bonchev–Trinajstić information content (AvgIpc) is 2.72. The minimum absolute atomic E-state index is 1.01. The molecule has 1 heteroatoms. The van der Waals surface area contributed by atoms with E-state index in [0.29, 0.717) is 0 Å². The minimum Gasteiger partial charge on any atom is -0.341 e. The molecule has 0 aliphatic rings. The van der Waals surface area contributed by atoms with Crippen LogP contribution in [0.15, 0.2) is 42.5 Å². The Morgan fingerprint density at radius 3 is 2.37 bits per heavy atom. The zero-order valence-corrected chi connectivity index (χ0v) is 11.8. The molecule has 2 aromatic carbocycles. The van der Waals surface area contributed by atoms with Gasteiger partial charge in [0.2, 0.25) is 0 Å². The van der Waals surface area contributed by atoms with Gasteiger partial charge in [-0.3, -0.25) is 0 Å². The molecule has 0 N–H and O–H groups in total. The Bertz CT molecular complexity index is 775. The van der Waals surface area contributed by atoms with Gasteiger partial charge >= 0.3 is 0 Å². The first-order chi connectivity index (χ1) is 9.24. The maximum Gasteiger partial charge on any atom is 0.0491 e. The lowest BCUT2D eigenvalue weighted by atomic mass is 10.1. The van der Waals surface area contributed by atoms with Crippen LogP contribution in [0.5, 0.6) is 0 Å². The van der Waals surface area contributed by atoms with Gasteiger partial charge in [-0.2, -0.15) is 0 Å². The van der Waals surface area contributed by atoms with Gasteiger partial charge < -0.3 is 4.57 Å². The van der Waals surface area contributed by atoms with Crippen molar-refractivity contribution < 1.29 is 0 Å². The fraction of sp³-hybridized carbons (Fsp3) is 0.222. The lowest BCUT2D eigenvalue weighted by Gasteiger charge is -2.03. The summed E-state index contributed by atoms with van der Waals surface area (Å²) in [5.41, 5.74) is 5.25. The van der Waals surface area contributed by atoms with Crippen molar-refractivity contribution in [2.45, 2.75) is 27.3 Å². The highest BCUT2D eigenvalue weighted by Crippen LogP contribution is 2.30. The molecule has 0 atom stereocenters. The van der Waals surface area contributed by atoms with Crippen LogP contribution in [0.4, 0.5) is 0 Å². The predicted molar refractivity (Wildman–Crippen MR) is 84.6 cm³/mol. The normalized spacial score (nSPS) is 11.9. The van der Waals surface area contributed by atoms with Crippen LogP contribution in [0.1, 0.15) is 25.0 Å². The zero-order valence-electron chi connectivity index (χ0n) is 11.8. The molecular formula is C18H19N. The third-order valence-corrected chi connectivity index (χ3v) is 3.72. The Kier molecular flexibility index (Phi) is 2.90. The Morgan fingerprint density at radius 2 is 1.68 bits per heavy atom. The topological polar surface area (TPSA) is 4.93 Å². The van der Waals surface area contributed by atoms with Gasteiger partial charge in [-0.25, -0.2) is 0 Å². The number of fused-ring (bicyclic) bond motifs is 3. The molecule has 0 radical (unpaired) electrons. The maximum absolute atomic E-state index is 2.39. The minimum atomic E-state index is 1.01. The molecular weight excluding hydrogens is 230 g/mol. The molecule has 0 saturated heterocycles. The van der Waals surface area contributed by atoms with Gasteiger partial charge in [-0.15, -0.1) is 0 Å². The number of hydrogen-bond acceptors (Lipinski definition) is 0. The van der Waals surface area contributed by atoms with Crippen LogP contribution in [-0.2, 0) is 6.54 Å². The third kappa shape index (κ3) is 1.86. The van der Waals surface area contributed by atoms with E-state index in [4.69, 9.17) is 0 Å². The number of benzene rings is 2. The van der Waals surface area contributed by atoms with E-state index >= 15 is 0 Å². The molecule has 0 spiro atoms. The summed E-state index contributed by atoms with van der Waals surface area (Å²) in [7, 11) is 0. The van der Waals surface area contributed by atoms with E-state index in [0.717, 1.165) is 6.54 Å². The summed E-state index contributed by atoms with van der Waals surface area (Å²) in [6, 6.07) is 13.5. The summed E-state index contributed by atoms with van der Waals surface area (Å²) < 4.78 is 2.39. The van der Waals surface area contributed by atoms with Gasteiger partial charge in [0.25, 0.3) is 0 Å². The van der Waals surface area contributed by atoms with Crippen LogP contribution in [0.25, 0.3) is 27.9 Å². The number of aromatic nitrogens is 1. The summed E-state index contributed by atoms with van der Waals surface area (Å²) in [4.78, 5) is 0. The van der Waals surface area contributed by atoms with Crippen molar-refractivity contribution in [3.8, 4) is 0 Å². The Balaban J connectivity index is 2.45. The second kappa shape index (κ2) is 4.58. The molecule has 3 aromatic rings. The van der Waals surface area contributed by atoms with Crippen LogP contribution in [-0.4, -0.2) is 4.57 Å². The van der Waals surface area contributed by atoms with E-state index in [2.05, 4.69) is 73.9 Å². The van der Waals surface area contributed by atoms with Crippen molar-refractivity contribution in [2.75, 3.05) is 0 Å². The molecule has 96 valence electrons. The van der Waals surface area contributed by atoms with Crippen molar-refractivity contribution in [2.24, 2.45) is 0 Å². The number of allylic oxidation sites excluding steroid dienone is 1. The van der Waals surface area contributed by atoms with E-state index in [-0.39, 0.29) is 0 Å². The van der Waals surface area contributed by atoms with Gasteiger partial charge in [-0.1, -0.05) is 29.8 Å². The number of aryl methyl sites for hydroxylation is 2. The van der Waals surface area contributed by atoms with E-state index < -0.39 is 0 Å². The quantitative estimate of drug-likeness (QED) is 0.591. The van der Waals surface area contributed by atoms with Crippen molar-refractivity contribution in [1.82, 2.24) is 4.57 Å². The molecule has 0 aliphatic carbocycles. The highest BCUT2D eigenvalue weighted by atomic mass is 15.0. The summed E-state index contributed by atoms with van der Waals surface area (Å²) >= 11 is 0. The number of nitrogens with zero attached hydrogens (tertiary/aromatic N) is 1. The summed E-state index contributed by atoms with van der Waals surface area (Å²) in [6.07, 6.45) is 4.25. The summed E-state index contributed by atoms with van der Waals surface area (Å²) in [5, 5.41) is 2.72. The Hall–Kier alpha value is -2.02. The molecule has 19 heavy (non-hydrogen) atoms. The van der Waals surface area contributed by atoms with Gasteiger partial charge in [0.15, 0.2) is 0 Å². The second-order valence-corrected chi connectivity index (χ2v) is 5.04. The van der Waals surface area contributed by atoms with Crippen LogP contribution in [0.2, 0.25) is 0 Å². The molecule has 0 bridgehead atoms. The van der Waals surface area contributed by atoms with E-state index in [9.17, 15) is 0 Å². The van der Waals surface area contributed by atoms with Crippen molar-refractivity contribution in [3.63, 3.8) is 0 Å². The molecule has 0 fully saturated rings. The smallest absolute Gasteiger partial charge is 0.0491 e. The highest BCUT2D eigenvalue weighted by molar-refractivity contribution is 6.08. The first-order valence-corrected chi connectivity index (χ1v) is 6.90. The maximum atomic E-state index is 2.39. The van der Waals surface area contributed by atoms with Crippen molar-refractivity contribution >= 4 is 27.9 Å². The van der Waals surface area contributed by atoms with Gasteiger partial charge in [0.1, 0.15) is 0 Å². The van der Waals surface area contributed by atoms with Gasteiger partial charge in [0, 0.05) is 28.4 Å². The van der Waals surface area contributed by atoms with Gasteiger partial charge in [-0.05, 0) is 50.6 Å². The molecule has 0 aliphatic heterocycles. The first kappa shape index (κ1) is 12.0. The summed E-state index contributed by atoms with van der Waals surface area (Å²) in [6.45, 7) is 7.43. The lowest BCUT2D eigenvalue weighted by Crippen LogP contribution is -1.92. The summed E-state index contributed by atoms with van der Waals surface area (Å²) in [5.74, 6) is 0. The monoisotopic (exact) mass is 249 g/mol. The van der Waals surface area contributed by atoms with Crippen LogP contribution in [0, 0.1) is 6.92 Å². The fourth-order valence-electron chi connectivity index (χ4n) is 2.87. The number of hydrogen-bond donors (Lipinski definition) is 0. The molecule has 3 rings (SSSR count). The SMILES string of the molecule is CC=Cc1ccc2c(c1)c1cc(C)ccc1n2CC. The molecule has 0 saturated carbocycles. The van der Waals surface area contributed by atoms with Crippen LogP contribution < -0.4 is 0 Å². The molecule has 0 amide bonds. The highest BCUT2D eigenvalue weighted by Gasteiger charge is 2.09. The van der Waals surface area contributed by atoms with Crippen molar-refractivity contribution in [3.05, 3.63) is 53.6 Å². The first-order valence-electron chi connectivity index (χ1n) is 6.90.